The van der Waals surface area contributed by atoms with Gasteiger partial charge >= 0.3 is 18.0 Å². The molecule has 0 radical (unpaired) electrons. The molecule has 2 aliphatic rings. The Morgan fingerprint density at radius 1 is 1.19 bits per heavy atom. The lowest BCUT2D eigenvalue weighted by Crippen LogP contribution is -2.48. The molecule has 234 valence electrons. The topological polar surface area (TPSA) is 226 Å². The zero-order valence-corrected chi connectivity index (χ0v) is 25.2. The fourth-order valence-electron chi connectivity index (χ4n) is 4.91. The van der Waals surface area contributed by atoms with Gasteiger partial charge in [-0.2, -0.15) is 4.72 Å². The molecule has 1 fully saturated rings. The molecule has 43 heavy (non-hydrogen) atoms. The number of amides is 2. The number of nitrogens with zero attached hydrogens (tertiary/aromatic N) is 2. The number of hydrogen-bond acceptors (Lipinski definition) is 9. The third kappa shape index (κ3) is 7.48. The first-order valence-electron chi connectivity index (χ1n) is 13.0. The van der Waals surface area contributed by atoms with Crippen molar-refractivity contribution in [2.75, 3.05) is 25.0 Å². The summed E-state index contributed by atoms with van der Waals surface area (Å²) in [7, 11) is -8.36. The van der Waals surface area contributed by atoms with E-state index in [1.54, 1.807) is 31.2 Å². The van der Waals surface area contributed by atoms with Gasteiger partial charge in [0.15, 0.2) is 0 Å². The number of halogens is 1. The van der Waals surface area contributed by atoms with Gasteiger partial charge < -0.3 is 30.1 Å². The zero-order valence-electron chi connectivity index (χ0n) is 22.8. The first kappa shape index (κ1) is 32.3. The molecule has 2 aromatic rings. The maximum atomic E-state index is 13.0. The standard InChI is InChI=1S/C25H30ClN5O10S2/c1-2-30(8-7-23(32)33)25(36)31-13-16(10-19(31)24(34)35)41-15-5-3-14(4-6-15)9-22-28-18-11-17(26)20(42(27,37)38)12-21(18)43(39,40)29-22/h3-6,11-12,16,19,22,28-29H,2,7-10,13H2,1H3,(H,32,33)(H,34,35)(H2,27,37,38)/t16-,19-,22?/m0/s1. The number of sulfonamides is 2. The van der Waals surface area contributed by atoms with Gasteiger partial charge in [-0.3, -0.25) is 4.79 Å². The highest BCUT2D eigenvalue weighted by Gasteiger charge is 2.42. The highest BCUT2D eigenvalue weighted by molar-refractivity contribution is 7.90. The lowest BCUT2D eigenvalue weighted by molar-refractivity contribution is -0.142. The maximum absolute atomic E-state index is 13.0. The fraction of sp³-hybridized carbons (Fsp3) is 0.400. The van der Waals surface area contributed by atoms with Crippen LogP contribution in [0.2, 0.25) is 5.02 Å². The minimum atomic E-state index is -4.25. The van der Waals surface area contributed by atoms with E-state index in [0.717, 1.165) is 6.07 Å². The summed E-state index contributed by atoms with van der Waals surface area (Å²) in [4.78, 5) is 37.4. The van der Waals surface area contributed by atoms with Crippen LogP contribution in [0.5, 0.6) is 5.75 Å². The molecular weight excluding hydrogens is 630 g/mol. The van der Waals surface area contributed by atoms with Crippen LogP contribution in [0.15, 0.2) is 46.2 Å². The zero-order chi connectivity index (χ0) is 31.7. The van der Waals surface area contributed by atoms with Gasteiger partial charge in [-0.25, -0.2) is 31.6 Å². The minimum absolute atomic E-state index is 0.00988. The number of nitrogens with one attached hydrogen (secondary N) is 2. The number of nitrogens with two attached hydrogens (primary N) is 1. The van der Waals surface area contributed by atoms with Crippen LogP contribution < -0.4 is 19.9 Å². The molecule has 2 aromatic carbocycles. The molecule has 15 nitrogen and oxygen atoms in total. The number of carboxylic acids is 2. The highest BCUT2D eigenvalue weighted by Crippen LogP contribution is 2.34. The number of urea groups is 1. The second-order valence-corrected chi connectivity index (χ2v) is 13.6. The number of ether oxygens (including phenoxy) is 1. The van der Waals surface area contributed by atoms with Crippen molar-refractivity contribution >= 4 is 55.3 Å². The van der Waals surface area contributed by atoms with Crippen molar-refractivity contribution in [1.82, 2.24) is 14.5 Å². The summed E-state index contributed by atoms with van der Waals surface area (Å²) in [5, 5.41) is 26.5. The van der Waals surface area contributed by atoms with Gasteiger partial charge in [-0.05, 0) is 36.8 Å². The van der Waals surface area contributed by atoms with Gasteiger partial charge in [-0.1, -0.05) is 23.7 Å². The molecule has 2 heterocycles. The van der Waals surface area contributed by atoms with Crippen LogP contribution in [0.1, 0.15) is 25.3 Å². The predicted molar refractivity (Wildman–Crippen MR) is 153 cm³/mol. The van der Waals surface area contributed by atoms with Gasteiger partial charge in [-0.15, -0.1) is 0 Å². The lowest BCUT2D eigenvalue weighted by atomic mass is 10.1. The molecule has 0 aromatic heterocycles. The summed E-state index contributed by atoms with van der Waals surface area (Å²) >= 11 is 6.03. The fourth-order valence-corrected chi connectivity index (χ4v) is 7.41. The van der Waals surface area contributed by atoms with Crippen molar-refractivity contribution in [3.8, 4) is 5.75 Å². The van der Waals surface area contributed by atoms with Gasteiger partial charge in [0.25, 0.3) is 0 Å². The summed E-state index contributed by atoms with van der Waals surface area (Å²) in [5.74, 6) is -1.87. The van der Waals surface area contributed by atoms with E-state index in [1.807, 2.05) is 0 Å². The number of carbonyl (C=O) groups excluding carboxylic acids is 1. The van der Waals surface area contributed by atoms with Crippen molar-refractivity contribution in [3.05, 3.63) is 47.0 Å². The van der Waals surface area contributed by atoms with Crippen molar-refractivity contribution in [2.45, 2.75) is 54.3 Å². The first-order chi connectivity index (χ1) is 20.1. The number of likely N-dealkylation sites (tertiary alicyclic amines) is 1. The molecule has 0 bridgehead atoms. The van der Waals surface area contributed by atoms with Crippen molar-refractivity contribution in [1.29, 1.82) is 0 Å². The Morgan fingerprint density at radius 2 is 1.86 bits per heavy atom. The number of anilines is 1. The summed E-state index contributed by atoms with van der Waals surface area (Å²) in [6.45, 7) is 1.82. The summed E-state index contributed by atoms with van der Waals surface area (Å²) in [6, 6.07) is 6.99. The average Bonchev–Trinajstić information content (AvgIpc) is 3.32. The molecule has 6 N–H and O–H groups in total. The molecule has 18 heteroatoms. The second kappa shape index (κ2) is 12.5. The van der Waals surface area contributed by atoms with Crippen LogP contribution in [0.25, 0.3) is 0 Å². The number of carboxylic acid groups (broad SMARTS) is 2. The monoisotopic (exact) mass is 659 g/mol. The van der Waals surface area contributed by atoms with Crippen LogP contribution in [-0.4, -0.2) is 92.8 Å². The molecule has 0 aliphatic carbocycles. The Kier molecular flexibility index (Phi) is 9.41. The Labute approximate surface area is 252 Å². The Morgan fingerprint density at radius 3 is 2.44 bits per heavy atom. The number of fused-ring (bicyclic) bond motifs is 1. The molecule has 1 saturated heterocycles. The Bertz CT molecular complexity index is 1640. The van der Waals surface area contributed by atoms with Gasteiger partial charge in [0.2, 0.25) is 20.0 Å². The number of aliphatic carboxylic acids is 2. The molecule has 2 aliphatic heterocycles. The largest absolute Gasteiger partial charge is 0.488 e. The number of benzene rings is 2. The summed E-state index contributed by atoms with van der Waals surface area (Å²) < 4.78 is 57.6. The molecule has 3 atom stereocenters. The number of primary sulfonamides is 1. The Hall–Kier alpha value is -3.64. The van der Waals surface area contributed by atoms with E-state index in [1.165, 1.54) is 15.9 Å². The molecule has 0 spiro atoms. The molecule has 0 saturated carbocycles. The molecule has 2 amide bonds. The maximum Gasteiger partial charge on any atom is 0.326 e. The second-order valence-electron chi connectivity index (χ2n) is 9.98. The Balaban J connectivity index is 1.42. The van der Waals surface area contributed by atoms with E-state index in [-0.39, 0.29) is 54.5 Å². The number of carbonyl (C=O) groups is 3. The van der Waals surface area contributed by atoms with E-state index in [2.05, 4.69) is 10.0 Å². The average molecular weight is 660 g/mol. The smallest absolute Gasteiger partial charge is 0.326 e. The van der Waals surface area contributed by atoms with Crippen molar-refractivity contribution in [3.63, 3.8) is 0 Å². The molecule has 1 unspecified atom stereocenters. The van der Waals surface area contributed by atoms with Crippen LogP contribution in [0.3, 0.4) is 0 Å². The van der Waals surface area contributed by atoms with Gasteiger partial charge in [0.05, 0.1) is 29.8 Å². The van der Waals surface area contributed by atoms with E-state index in [9.17, 15) is 36.3 Å². The SMILES string of the molecule is CCN(CCC(=O)O)C(=O)N1C[C@@H](Oc2ccc(CC3Nc4cc(Cl)c(S(N)(=O)=O)cc4S(=O)(=O)N3)cc2)C[C@H]1C(=O)O. The first-order valence-corrected chi connectivity index (χ1v) is 16.4. The quantitative estimate of drug-likeness (QED) is 0.242. The molecular formula is C25H30ClN5O10S2. The van der Waals surface area contributed by atoms with E-state index >= 15 is 0 Å². The van der Waals surface area contributed by atoms with E-state index < -0.39 is 61.2 Å². The minimum Gasteiger partial charge on any atom is -0.488 e. The van der Waals surface area contributed by atoms with Crippen LogP contribution in [0.4, 0.5) is 10.5 Å². The van der Waals surface area contributed by atoms with Crippen molar-refractivity contribution < 1.29 is 46.2 Å². The number of hydrogen-bond donors (Lipinski definition) is 5. The summed E-state index contributed by atoms with van der Waals surface area (Å²) in [5.41, 5.74) is 0.811. The van der Waals surface area contributed by atoms with Crippen LogP contribution in [0, 0.1) is 0 Å². The summed E-state index contributed by atoms with van der Waals surface area (Å²) in [6.07, 6.45) is -1.49. The van der Waals surface area contributed by atoms with Gasteiger partial charge in [0, 0.05) is 25.9 Å². The normalized spacial score (nSPS) is 21.0. The van der Waals surface area contributed by atoms with E-state index in [4.69, 9.17) is 26.6 Å². The van der Waals surface area contributed by atoms with Crippen molar-refractivity contribution in [2.24, 2.45) is 5.14 Å². The third-order valence-electron chi connectivity index (χ3n) is 6.96. The van der Waals surface area contributed by atoms with Crippen LogP contribution >= 0.6 is 11.6 Å². The van der Waals surface area contributed by atoms with E-state index in [0.29, 0.717) is 11.3 Å². The van der Waals surface area contributed by atoms with Gasteiger partial charge in [0.1, 0.15) is 27.7 Å². The molecule has 4 rings (SSSR count). The highest BCUT2D eigenvalue weighted by atomic mass is 35.5. The lowest BCUT2D eigenvalue weighted by Gasteiger charge is -2.29. The van der Waals surface area contributed by atoms with Crippen LogP contribution in [-0.2, 0) is 36.1 Å². The predicted octanol–water partition coefficient (Wildman–Crippen LogP) is 1.08. The third-order valence-corrected chi connectivity index (χ3v) is 9.85. The number of rotatable bonds is 10.